The van der Waals surface area contributed by atoms with Crippen LogP contribution in [0.15, 0.2) is 30.6 Å². The number of aliphatic hydroxyl groups is 1. The number of carbonyl (C=O) groups is 1. The van der Waals surface area contributed by atoms with Gasteiger partial charge in [0.15, 0.2) is 0 Å². The Hall–Kier alpha value is -3.31. The largest absolute Gasteiger partial charge is 0.390 e. The Bertz CT molecular complexity index is 1150. The fourth-order valence-electron chi connectivity index (χ4n) is 4.31. The molecule has 0 saturated heterocycles. The third kappa shape index (κ3) is 4.14. The van der Waals surface area contributed by atoms with Gasteiger partial charge in [-0.2, -0.15) is 15.0 Å². The van der Waals surface area contributed by atoms with Gasteiger partial charge in [0, 0.05) is 23.8 Å². The second-order valence-electron chi connectivity index (χ2n) is 8.76. The quantitative estimate of drug-likeness (QED) is 0.673. The predicted octanol–water partition coefficient (Wildman–Crippen LogP) is 3.06. The second-order valence-corrected chi connectivity index (χ2v) is 8.76. The first-order valence-electron chi connectivity index (χ1n) is 10.5. The lowest BCUT2D eigenvalue weighted by Gasteiger charge is -2.36. The third-order valence-corrected chi connectivity index (χ3v) is 6.16. The molecular weight excluding hydrogens is 392 g/mol. The summed E-state index contributed by atoms with van der Waals surface area (Å²) < 4.78 is 1.54. The van der Waals surface area contributed by atoms with Crippen molar-refractivity contribution < 1.29 is 9.90 Å². The Morgan fingerprint density at radius 1 is 1.23 bits per heavy atom. The van der Waals surface area contributed by atoms with Gasteiger partial charge in [-0.3, -0.25) is 4.79 Å². The zero-order chi connectivity index (χ0) is 22.2. The molecule has 1 fully saturated rings. The van der Waals surface area contributed by atoms with E-state index in [0.29, 0.717) is 22.6 Å². The Kier molecular flexibility index (Phi) is 5.46. The Labute approximate surface area is 180 Å². The maximum Gasteiger partial charge on any atom is 0.254 e. The summed E-state index contributed by atoms with van der Waals surface area (Å²) in [5.41, 5.74) is 1.62. The number of fused-ring (bicyclic) bond motifs is 1. The number of para-hydroxylation sites is 1. The number of aromatic nitrogens is 4. The third-order valence-electron chi connectivity index (χ3n) is 6.16. The van der Waals surface area contributed by atoms with E-state index < -0.39 is 5.60 Å². The van der Waals surface area contributed by atoms with Gasteiger partial charge in [-0.1, -0.05) is 12.1 Å². The lowest BCUT2D eigenvalue weighted by Crippen LogP contribution is -2.41. The Morgan fingerprint density at radius 3 is 2.52 bits per heavy atom. The molecule has 160 valence electrons. The standard InChI is InChI=1S/C23H26N6O2/c1-14-19-6-4-5-15(11-24)20(19)29(28-14)22-25-12-16(13-26-22)21(30)27-18-9-7-17(8-10-18)23(2,3)31/h4-6,12-13,17-18,31H,7-10H2,1-3H3,(H,27,30). The van der Waals surface area contributed by atoms with Gasteiger partial charge >= 0.3 is 0 Å². The van der Waals surface area contributed by atoms with Crippen LogP contribution >= 0.6 is 0 Å². The number of rotatable bonds is 4. The minimum atomic E-state index is -0.681. The van der Waals surface area contributed by atoms with Gasteiger partial charge < -0.3 is 10.4 Å². The molecule has 31 heavy (non-hydrogen) atoms. The van der Waals surface area contributed by atoms with E-state index in [2.05, 4.69) is 26.5 Å². The number of amides is 1. The molecular formula is C23H26N6O2. The van der Waals surface area contributed by atoms with Crippen LogP contribution in [-0.4, -0.2) is 42.4 Å². The molecule has 8 heteroatoms. The molecule has 0 unspecified atom stereocenters. The van der Waals surface area contributed by atoms with E-state index in [9.17, 15) is 15.2 Å². The smallest absolute Gasteiger partial charge is 0.254 e. The molecule has 2 N–H and O–H groups in total. The molecule has 3 aromatic rings. The summed E-state index contributed by atoms with van der Waals surface area (Å²) in [7, 11) is 0. The van der Waals surface area contributed by atoms with Crippen molar-refractivity contribution in [3.05, 3.63) is 47.4 Å². The summed E-state index contributed by atoms with van der Waals surface area (Å²) in [5.74, 6) is 0.356. The molecule has 1 saturated carbocycles. The van der Waals surface area contributed by atoms with Crippen molar-refractivity contribution in [1.29, 1.82) is 5.26 Å². The van der Waals surface area contributed by atoms with Crippen LogP contribution in [0.2, 0.25) is 0 Å². The van der Waals surface area contributed by atoms with Crippen molar-refractivity contribution in [3.63, 3.8) is 0 Å². The number of benzene rings is 1. The van der Waals surface area contributed by atoms with Crippen LogP contribution in [0.4, 0.5) is 0 Å². The Morgan fingerprint density at radius 2 is 1.90 bits per heavy atom. The molecule has 0 atom stereocenters. The molecule has 0 radical (unpaired) electrons. The van der Waals surface area contributed by atoms with Gasteiger partial charge in [-0.15, -0.1) is 0 Å². The second kappa shape index (κ2) is 8.08. The van der Waals surface area contributed by atoms with Crippen LogP contribution in [-0.2, 0) is 0 Å². The summed E-state index contributed by atoms with van der Waals surface area (Å²) in [4.78, 5) is 21.3. The van der Waals surface area contributed by atoms with Gasteiger partial charge in [0.05, 0.1) is 27.9 Å². The molecule has 4 rings (SSSR count). The van der Waals surface area contributed by atoms with Crippen molar-refractivity contribution in [2.24, 2.45) is 5.92 Å². The molecule has 1 amide bonds. The summed E-state index contributed by atoms with van der Waals surface area (Å²) in [6.45, 7) is 5.56. The highest BCUT2D eigenvalue weighted by Crippen LogP contribution is 2.32. The van der Waals surface area contributed by atoms with E-state index in [0.717, 1.165) is 36.8 Å². The van der Waals surface area contributed by atoms with Crippen LogP contribution in [0.1, 0.15) is 61.1 Å². The molecule has 2 aromatic heterocycles. The fraction of sp³-hybridized carbons (Fsp3) is 0.435. The average Bonchev–Trinajstić information content (AvgIpc) is 3.10. The number of nitrogens with zero attached hydrogens (tertiary/aromatic N) is 5. The molecule has 1 aliphatic rings. The summed E-state index contributed by atoms with van der Waals surface area (Å²) in [6.07, 6.45) is 6.42. The molecule has 0 spiro atoms. The predicted molar refractivity (Wildman–Crippen MR) is 116 cm³/mol. The average molecular weight is 419 g/mol. The summed E-state index contributed by atoms with van der Waals surface area (Å²) in [6, 6.07) is 7.73. The first-order valence-corrected chi connectivity index (χ1v) is 10.5. The SMILES string of the molecule is Cc1nn(-c2ncc(C(=O)NC3CCC(C(C)(C)O)CC3)cn2)c2c(C#N)cccc12. The number of carbonyl (C=O) groups excluding carboxylic acids is 1. The highest BCUT2D eigenvalue weighted by Gasteiger charge is 2.31. The van der Waals surface area contributed by atoms with Crippen molar-refractivity contribution in [2.45, 2.75) is 58.1 Å². The van der Waals surface area contributed by atoms with E-state index in [1.54, 1.807) is 10.7 Å². The molecule has 2 heterocycles. The van der Waals surface area contributed by atoms with E-state index in [-0.39, 0.29) is 17.9 Å². The van der Waals surface area contributed by atoms with Crippen molar-refractivity contribution in [1.82, 2.24) is 25.1 Å². The van der Waals surface area contributed by atoms with Crippen LogP contribution in [0.3, 0.4) is 0 Å². The topological polar surface area (TPSA) is 117 Å². The maximum absolute atomic E-state index is 12.7. The first-order chi connectivity index (χ1) is 14.8. The van der Waals surface area contributed by atoms with E-state index >= 15 is 0 Å². The van der Waals surface area contributed by atoms with Crippen molar-refractivity contribution in [2.75, 3.05) is 0 Å². The van der Waals surface area contributed by atoms with Crippen LogP contribution in [0.25, 0.3) is 16.9 Å². The van der Waals surface area contributed by atoms with E-state index in [1.165, 1.54) is 12.4 Å². The zero-order valence-corrected chi connectivity index (χ0v) is 18.0. The van der Waals surface area contributed by atoms with Crippen LogP contribution in [0, 0.1) is 24.2 Å². The molecule has 0 bridgehead atoms. The fourth-order valence-corrected chi connectivity index (χ4v) is 4.31. The van der Waals surface area contributed by atoms with Gasteiger partial charge in [-0.05, 0) is 58.4 Å². The Balaban J connectivity index is 1.49. The van der Waals surface area contributed by atoms with Gasteiger partial charge in [-0.25, -0.2) is 9.97 Å². The number of aryl methyl sites for hydroxylation is 1. The van der Waals surface area contributed by atoms with Gasteiger partial charge in [0.2, 0.25) is 0 Å². The van der Waals surface area contributed by atoms with E-state index in [4.69, 9.17) is 0 Å². The number of nitriles is 1. The molecule has 0 aliphatic heterocycles. The summed E-state index contributed by atoms with van der Waals surface area (Å²) in [5, 5.41) is 28.0. The lowest BCUT2D eigenvalue weighted by molar-refractivity contribution is -0.00257. The number of nitrogens with one attached hydrogen (secondary N) is 1. The van der Waals surface area contributed by atoms with Crippen molar-refractivity contribution >= 4 is 16.8 Å². The van der Waals surface area contributed by atoms with E-state index in [1.807, 2.05) is 32.9 Å². The minimum Gasteiger partial charge on any atom is -0.390 e. The monoisotopic (exact) mass is 418 g/mol. The van der Waals surface area contributed by atoms with Gasteiger partial charge in [0.25, 0.3) is 11.9 Å². The number of hydrogen-bond acceptors (Lipinski definition) is 6. The number of hydrogen-bond donors (Lipinski definition) is 2. The van der Waals surface area contributed by atoms with Crippen molar-refractivity contribution in [3.8, 4) is 12.0 Å². The summed E-state index contributed by atoms with van der Waals surface area (Å²) >= 11 is 0. The highest BCUT2D eigenvalue weighted by atomic mass is 16.3. The minimum absolute atomic E-state index is 0.0849. The lowest BCUT2D eigenvalue weighted by atomic mass is 9.77. The van der Waals surface area contributed by atoms with Gasteiger partial charge in [0.1, 0.15) is 6.07 Å². The first kappa shape index (κ1) is 20.9. The molecule has 1 aromatic carbocycles. The van der Waals surface area contributed by atoms with Crippen LogP contribution < -0.4 is 5.32 Å². The zero-order valence-electron chi connectivity index (χ0n) is 18.0. The normalized spacial score (nSPS) is 19.2. The highest BCUT2D eigenvalue weighted by molar-refractivity contribution is 5.94. The maximum atomic E-state index is 12.7. The molecule has 8 nitrogen and oxygen atoms in total. The molecule has 1 aliphatic carbocycles. The van der Waals surface area contributed by atoms with Crippen LogP contribution in [0.5, 0.6) is 0 Å².